The highest BCUT2D eigenvalue weighted by atomic mass is 16.4. The summed E-state index contributed by atoms with van der Waals surface area (Å²) in [7, 11) is 0. The normalized spacial score (nSPS) is 26.7. The fourth-order valence-electron chi connectivity index (χ4n) is 3.32. The highest BCUT2D eigenvalue weighted by molar-refractivity contribution is 5.79. The molecule has 1 aliphatic carbocycles. The molecule has 2 aromatic rings. The summed E-state index contributed by atoms with van der Waals surface area (Å²) in [6.07, 6.45) is 4.09. The third kappa shape index (κ3) is 1.90. The largest absolute Gasteiger partial charge is 0.458 e. The van der Waals surface area contributed by atoms with Crippen molar-refractivity contribution in [1.82, 2.24) is 0 Å². The van der Waals surface area contributed by atoms with Gasteiger partial charge in [-0.25, -0.2) is 0 Å². The van der Waals surface area contributed by atoms with Crippen LogP contribution in [0.2, 0.25) is 0 Å². The molecule has 1 N–H and O–H groups in total. The predicted molar refractivity (Wildman–Crippen MR) is 77.1 cm³/mol. The summed E-state index contributed by atoms with van der Waals surface area (Å²) >= 11 is 0. The Balaban J connectivity index is 2.12. The average molecular weight is 258 g/mol. The van der Waals surface area contributed by atoms with Crippen LogP contribution in [-0.4, -0.2) is 5.11 Å². The van der Waals surface area contributed by atoms with Crippen LogP contribution in [0.4, 0.5) is 0 Å². The van der Waals surface area contributed by atoms with Crippen molar-refractivity contribution >= 4 is 11.0 Å². The Kier molecular flexibility index (Phi) is 2.75. The van der Waals surface area contributed by atoms with Crippen LogP contribution >= 0.6 is 0 Å². The zero-order chi connectivity index (χ0) is 13.7. The molecule has 1 aliphatic rings. The Labute approximate surface area is 114 Å². The number of hydrogen-bond acceptors (Lipinski definition) is 2. The van der Waals surface area contributed by atoms with Crippen LogP contribution in [0.1, 0.15) is 50.9 Å². The SMILES string of the molecule is Cc1ccc2oc(C3(O)CCCCC3(C)C)cc2c1. The molecule has 2 heteroatoms. The van der Waals surface area contributed by atoms with Crippen molar-refractivity contribution in [2.24, 2.45) is 5.41 Å². The Morgan fingerprint density at radius 2 is 1.84 bits per heavy atom. The molecule has 19 heavy (non-hydrogen) atoms. The minimum atomic E-state index is -0.835. The van der Waals surface area contributed by atoms with Crippen LogP contribution in [0.25, 0.3) is 11.0 Å². The Hall–Kier alpha value is -1.28. The lowest BCUT2D eigenvalue weighted by Crippen LogP contribution is -2.44. The van der Waals surface area contributed by atoms with E-state index in [0.717, 1.165) is 36.0 Å². The summed E-state index contributed by atoms with van der Waals surface area (Å²) in [5.41, 5.74) is 1.12. The highest BCUT2D eigenvalue weighted by Gasteiger charge is 2.48. The molecule has 102 valence electrons. The summed E-state index contributed by atoms with van der Waals surface area (Å²) < 4.78 is 5.95. The molecule has 0 bridgehead atoms. The van der Waals surface area contributed by atoms with E-state index in [2.05, 4.69) is 26.8 Å². The molecule has 1 aromatic carbocycles. The van der Waals surface area contributed by atoms with E-state index >= 15 is 0 Å². The first-order valence-corrected chi connectivity index (χ1v) is 7.15. The fourth-order valence-corrected chi connectivity index (χ4v) is 3.32. The molecule has 1 saturated carbocycles. The van der Waals surface area contributed by atoms with Gasteiger partial charge < -0.3 is 9.52 Å². The molecule has 1 aromatic heterocycles. The van der Waals surface area contributed by atoms with Crippen molar-refractivity contribution in [3.8, 4) is 0 Å². The maximum Gasteiger partial charge on any atom is 0.137 e. The van der Waals surface area contributed by atoms with Crippen LogP contribution in [-0.2, 0) is 5.60 Å². The second-order valence-electron chi connectivity index (χ2n) is 6.60. The number of fused-ring (bicyclic) bond motifs is 1. The zero-order valence-corrected chi connectivity index (χ0v) is 12.0. The summed E-state index contributed by atoms with van der Waals surface area (Å²) in [6.45, 7) is 6.36. The van der Waals surface area contributed by atoms with E-state index in [1.54, 1.807) is 0 Å². The van der Waals surface area contributed by atoms with Gasteiger partial charge in [0.25, 0.3) is 0 Å². The third-order valence-corrected chi connectivity index (χ3v) is 4.79. The van der Waals surface area contributed by atoms with Crippen LogP contribution in [0, 0.1) is 12.3 Å². The molecule has 0 amide bonds. The number of benzene rings is 1. The third-order valence-electron chi connectivity index (χ3n) is 4.79. The first-order valence-electron chi connectivity index (χ1n) is 7.15. The standard InChI is InChI=1S/C17H22O2/c1-12-6-7-14-13(10-12)11-15(19-14)17(18)9-5-4-8-16(17,2)3/h6-7,10-11,18H,4-5,8-9H2,1-3H3. The Morgan fingerprint density at radius 1 is 1.11 bits per heavy atom. The average Bonchev–Trinajstić information content (AvgIpc) is 2.76. The maximum absolute atomic E-state index is 11.1. The van der Waals surface area contributed by atoms with E-state index < -0.39 is 5.60 Å². The number of aryl methyl sites for hydroxylation is 1. The van der Waals surface area contributed by atoms with Crippen LogP contribution in [0.3, 0.4) is 0 Å². The molecular weight excluding hydrogens is 236 g/mol. The second kappa shape index (κ2) is 4.11. The monoisotopic (exact) mass is 258 g/mol. The van der Waals surface area contributed by atoms with Crippen molar-refractivity contribution in [2.75, 3.05) is 0 Å². The van der Waals surface area contributed by atoms with Crippen molar-refractivity contribution < 1.29 is 9.52 Å². The molecule has 3 rings (SSSR count). The van der Waals surface area contributed by atoms with Gasteiger partial charge in [-0.3, -0.25) is 0 Å². The van der Waals surface area contributed by atoms with Gasteiger partial charge >= 0.3 is 0 Å². The summed E-state index contributed by atoms with van der Waals surface area (Å²) in [4.78, 5) is 0. The van der Waals surface area contributed by atoms with Gasteiger partial charge in [0.2, 0.25) is 0 Å². The van der Waals surface area contributed by atoms with E-state index in [9.17, 15) is 5.11 Å². The van der Waals surface area contributed by atoms with Gasteiger partial charge in [0, 0.05) is 10.8 Å². The smallest absolute Gasteiger partial charge is 0.137 e. The van der Waals surface area contributed by atoms with Gasteiger partial charge in [-0.15, -0.1) is 0 Å². The minimum Gasteiger partial charge on any atom is -0.458 e. The molecule has 1 unspecified atom stereocenters. The van der Waals surface area contributed by atoms with Crippen molar-refractivity contribution in [2.45, 2.75) is 52.1 Å². The van der Waals surface area contributed by atoms with Crippen LogP contribution in [0.15, 0.2) is 28.7 Å². The van der Waals surface area contributed by atoms with Gasteiger partial charge in [-0.1, -0.05) is 38.3 Å². The first kappa shape index (κ1) is 12.7. The quantitative estimate of drug-likeness (QED) is 0.815. The maximum atomic E-state index is 11.1. The highest BCUT2D eigenvalue weighted by Crippen LogP contribution is 2.51. The molecular formula is C17H22O2. The van der Waals surface area contributed by atoms with E-state index in [1.165, 1.54) is 12.0 Å². The summed E-state index contributed by atoms with van der Waals surface area (Å²) in [6, 6.07) is 8.18. The van der Waals surface area contributed by atoms with Gasteiger partial charge in [0.15, 0.2) is 0 Å². The van der Waals surface area contributed by atoms with Crippen molar-refractivity contribution in [1.29, 1.82) is 0 Å². The van der Waals surface area contributed by atoms with E-state index in [-0.39, 0.29) is 5.41 Å². The molecule has 1 atom stereocenters. The summed E-state index contributed by atoms with van der Waals surface area (Å²) in [5, 5.41) is 12.2. The topological polar surface area (TPSA) is 33.4 Å². The second-order valence-corrected chi connectivity index (χ2v) is 6.60. The molecule has 0 radical (unpaired) electrons. The van der Waals surface area contributed by atoms with Crippen molar-refractivity contribution in [3.63, 3.8) is 0 Å². The van der Waals surface area contributed by atoms with E-state index in [1.807, 2.05) is 18.2 Å². The number of aliphatic hydroxyl groups is 1. The molecule has 0 saturated heterocycles. The lowest BCUT2D eigenvalue weighted by atomic mass is 9.64. The van der Waals surface area contributed by atoms with Crippen LogP contribution < -0.4 is 0 Å². The Bertz CT molecular complexity index is 609. The van der Waals surface area contributed by atoms with Crippen LogP contribution in [0.5, 0.6) is 0 Å². The summed E-state index contributed by atoms with van der Waals surface area (Å²) in [5.74, 6) is 0.734. The van der Waals surface area contributed by atoms with Gasteiger partial charge in [-0.05, 0) is 38.0 Å². The lowest BCUT2D eigenvalue weighted by Gasteiger charge is -2.45. The molecule has 1 fully saturated rings. The van der Waals surface area contributed by atoms with E-state index in [4.69, 9.17) is 4.42 Å². The molecule has 0 spiro atoms. The molecule has 0 aliphatic heterocycles. The number of furan rings is 1. The van der Waals surface area contributed by atoms with E-state index in [0.29, 0.717) is 0 Å². The number of rotatable bonds is 1. The first-order chi connectivity index (χ1) is 8.92. The lowest BCUT2D eigenvalue weighted by molar-refractivity contribution is -0.117. The fraction of sp³-hybridized carbons (Fsp3) is 0.529. The molecule has 2 nitrogen and oxygen atoms in total. The molecule has 1 heterocycles. The van der Waals surface area contributed by atoms with Gasteiger partial charge in [0.1, 0.15) is 16.9 Å². The number of hydrogen-bond donors (Lipinski definition) is 1. The minimum absolute atomic E-state index is 0.131. The van der Waals surface area contributed by atoms with Gasteiger partial charge in [0.05, 0.1) is 0 Å². The zero-order valence-electron chi connectivity index (χ0n) is 12.0. The van der Waals surface area contributed by atoms with Crippen molar-refractivity contribution in [3.05, 3.63) is 35.6 Å². The Morgan fingerprint density at radius 3 is 2.58 bits per heavy atom. The van der Waals surface area contributed by atoms with Gasteiger partial charge in [-0.2, -0.15) is 0 Å². The predicted octanol–water partition coefficient (Wildman–Crippen LogP) is 4.53.